The number of aromatic nitrogens is 2. The predicted molar refractivity (Wildman–Crippen MR) is 64.8 cm³/mol. The molecule has 1 aromatic carbocycles. The first-order valence-corrected chi connectivity index (χ1v) is 5.73. The molecule has 0 spiro atoms. The Labute approximate surface area is 102 Å². The fourth-order valence-electron chi connectivity index (χ4n) is 1.37. The summed E-state index contributed by atoms with van der Waals surface area (Å²) < 4.78 is 6.20. The molecule has 2 rings (SSSR count). The first kappa shape index (κ1) is 11.3. The zero-order valence-electron chi connectivity index (χ0n) is 9.07. The van der Waals surface area contributed by atoms with Crippen LogP contribution in [0.4, 0.5) is 0 Å². The lowest BCUT2D eigenvalue weighted by Gasteiger charge is -2.02. The Morgan fingerprint density at radius 2 is 2.19 bits per heavy atom. The third kappa shape index (κ3) is 2.01. The summed E-state index contributed by atoms with van der Waals surface area (Å²) >= 11 is 3.46. The minimum absolute atomic E-state index is 0.218. The van der Waals surface area contributed by atoms with Gasteiger partial charge in [0.2, 0.25) is 0 Å². The molecule has 0 bridgehead atoms. The van der Waals surface area contributed by atoms with Gasteiger partial charge in [-0.25, -0.2) is 0 Å². The zero-order valence-corrected chi connectivity index (χ0v) is 10.7. The summed E-state index contributed by atoms with van der Waals surface area (Å²) in [6.45, 7) is 3.82. The van der Waals surface area contributed by atoms with Crippen LogP contribution < -0.4 is 5.73 Å². The second-order valence-corrected chi connectivity index (χ2v) is 4.51. The van der Waals surface area contributed by atoms with Gasteiger partial charge in [-0.15, -0.1) is 0 Å². The molecule has 1 atom stereocenters. The Bertz CT molecular complexity index is 508. The Morgan fingerprint density at radius 3 is 2.81 bits per heavy atom. The smallest absolute Gasteiger partial charge is 0.258 e. The highest BCUT2D eigenvalue weighted by atomic mass is 79.9. The largest absolute Gasteiger partial charge is 0.334 e. The molecule has 84 valence electrons. The standard InChI is InChI=1S/C11H12BrN3O/c1-6-8(4-3-5-9(6)12)11-14-10(7(2)13)15-16-11/h3-5,7H,13H2,1-2H3. The van der Waals surface area contributed by atoms with E-state index >= 15 is 0 Å². The minimum atomic E-state index is -0.218. The lowest BCUT2D eigenvalue weighted by Crippen LogP contribution is -2.06. The molecule has 0 amide bonds. The van der Waals surface area contributed by atoms with Crippen LogP contribution in [0.25, 0.3) is 11.5 Å². The van der Waals surface area contributed by atoms with E-state index in [1.807, 2.05) is 32.0 Å². The number of hydrogen-bond donors (Lipinski definition) is 1. The van der Waals surface area contributed by atoms with Gasteiger partial charge in [0.25, 0.3) is 5.89 Å². The lowest BCUT2D eigenvalue weighted by atomic mass is 10.1. The monoisotopic (exact) mass is 281 g/mol. The Balaban J connectivity index is 2.47. The van der Waals surface area contributed by atoms with Crippen LogP contribution in [0.5, 0.6) is 0 Å². The maximum Gasteiger partial charge on any atom is 0.258 e. The van der Waals surface area contributed by atoms with E-state index < -0.39 is 0 Å². The van der Waals surface area contributed by atoms with Crippen LogP contribution in [-0.2, 0) is 0 Å². The number of rotatable bonds is 2. The van der Waals surface area contributed by atoms with E-state index in [1.165, 1.54) is 0 Å². The summed E-state index contributed by atoms with van der Waals surface area (Å²) in [4.78, 5) is 4.26. The van der Waals surface area contributed by atoms with Crippen LogP contribution in [0.2, 0.25) is 0 Å². The van der Waals surface area contributed by atoms with Crippen LogP contribution in [0.15, 0.2) is 27.2 Å². The molecular formula is C11H12BrN3O. The van der Waals surface area contributed by atoms with Gasteiger partial charge in [-0.1, -0.05) is 27.2 Å². The normalized spacial score (nSPS) is 12.8. The van der Waals surface area contributed by atoms with Gasteiger partial charge in [0.05, 0.1) is 6.04 Å². The highest BCUT2D eigenvalue weighted by Crippen LogP contribution is 2.27. The van der Waals surface area contributed by atoms with Crippen molar-refractivity contribution in [3.05, 3.63) is 34.1 Å². The quantitative estimate of drug-likeness (QED) is 0.919. The Kier molecular flexibility index (Phi) is 3.07. The van der Waals surface area contributed by atoms with Crippen LogP contribution in [0.1, 0.15) is 24.4 Å². The van der Waals surface area contributed by atoms with Crippen LogP contribution in [0.3, 0.4) is 0 Å². The number of benzene rings is 1. The van der Waals surface area contributed by atoms with E-state index in [9.17, 15) is 0 Å². The first-order valence-electron chi connectivity index (χ1n) is 4.94. The molecule has 0 aliphatic rings. The highest BCUT2D eigenvalue weighted by Gasteiger charge is 2.14. The predicted octanol–water partition coefficient (Wildman–Crippen LogP) is 2.83. The van der Waals surface area contributed by atoms with Gasteiger partial charge in [-0.2, -0.15) is 4.98 Å². The van der Waals surface area contributed by atoms with E-state index in [1.54, 1.807) is 0 Å². The van der Waals surface area contributed by atoms with Gasteiger partial charge in [-0.3, -0.25) is 0 Å². The number of halogens is 1. The van der Waals surface area contributed by atoms with Crippen molar-refractivity contribution in [1.82, 2.24) is 10.1 Å². The van der Waals surface area contributed by atoms with Crippen molar-refractivity contribution in [2.75, 3.05) is 0 Å². The van der Waals surface area contributed by atoms with E-state index in [2.05, 4.69) is 26.1 Å². The van der Waals surface area contributed by atoms with Crippen LogP contribution in [-0.4, -0.2) is 10.1 Å². The lowest BCUT2D eigenvalue weighted by molar-refractivity contribution is 0.418. The van der Waals surface area contributed by atoms with E-state index in [0.29, 0.717) is 11.7 Å². The van der Waals surface area contributed by atoms with Gasteiger partial charge in [-0.05, 0) is 31.5 Å². The van der Waals surface area contributed by atoms with E-state index in [4.69, 9.17) is 10.3 Å². The van der Waals surface area contributed by atoms with Crippen molar-refractivity contribution in [1.29, 1.82) is 0 Å². The summed E-state index contributed by atoms with van der Waals surface area (Å²) in [6.07, 6.45) is 0. The van der Waals surface area contributed by atoms with Crippen LogP contribution in [0, 0.1) is 6.92 Å². The van der Waals surface area contributed by atoms with Crippen molar-refractivity contribution >= 4 is 15.9 Å². The maximum atomic E-state index is 5.68. The summed E-state index contributed by atoms with van der Waals surface area (Å²) in [5.74, 6) is 1.03. The fraction of sp³-hybridized carbons (Fsp3) is 0.273. The Morgan fingerprint density at radius 1 is 1.44 bits per heavy atom. The fourth-order valence-corrected chi connectivity index (χ4v) is 1.73. The molecule has 0 aliphatic heterocycles. The summed E-state index contributed by atoms with van der Waals surface area (Å²) in [6, 6.07) is 5.63. The molecule has 0 aliphatic carbocycles. The average molecular weight is 282 g/mol. The zero-order chi connectivity index (χ0) is 11.7. The number of nitrogens with two attached hydrogens (primary N) is 1. The highest BCUT2D eigenvalue weighted by molar-refractivity contribution is 9.10. The van der Waals surface area contributed by atoms with Crippen LogP contribution >= 0.6 is 15.9 Å². The molecule has 1 heterocycles. The molecule has 0 saturated carbocycles. The molecule has 16 heavy (non-hydrogen) atoms. The molecule has 2 N–H and O–H groups in total. The summed E-state index contributed by atoms with van der Waals surface area (Å²) in [5.41, 5.74) is 7.68. The van der Waals surface area contributed by atoms with Crippen molar-refractivity contribution < 1.29 is 4.52 Å². The summed E-state index contributed by atoms with van der Waals surface area (Å²) in [5, 5.41) is 3.84. The topological polar surface area (TPSA) is 64.9 Å². The van der Waals surface area contributed by atoms with Gasteiger partial charge in [0, 0.05) is 10.0 Å². The molecule has 2 aromatic rings. The molecule has 0 saturated heterocycles. The van der Waals surface area contributed by atoms with Gasteiger partial charge < -0.3 is 10.3 Å². The molecule has 1 aromatic heterocycles. The first-order chi connectivity index (χ1) is 7.59. The maximum absolute atomic E-state index is 5.68. The second kappa shape index (κ2) is 4.35. The second-order valence-electron chi connectivity index (χ2n) is 3.66. The van der Waals surface area contributed by atoms with Crippen molar-refractivity contribution in [3.63, 3.8) is 0 Å². The molecule has 0 radical (unpaired) electrons. The molecule has 1 unspecified atom stereocenters. The minimum Gasteiger partial charge on any atom is -0.334 e. The molecular weight excluding hydrogens is 270 g/mol. The number of nitrogens with zero attached hydrogens (tertiary/aromatic N) is 2. The van der Waals surface area contributed by atoms with Crippen molar-refractivity contribution in [2.45, 2.75) is 19.9 Å². The van der Waals surface area contributed by atoms with E-state index in [-0.39, 0.29) is 6.04 Å². The Hall–Kier alpha value is -1.20. The third-order valence-corrected chi connectivity index (χ3v) is 3.21. The van der Waals surface area contributed by atoms with Crippen molar-refractivity contribution in [2.24, 2.45) is 5.73 Å². The third-order valence-electron chi connectivity index (χ3n) is 2.35. The average Bonchev–Trinajstić information content (AvgIpc) is 2.71. The number of hydrogen-bond acceptors (Lipinski definition) is 4. The van der Waals surface area contributed by atoms with E-state index in [0.717, 1.165) is 15.6 Å². The SMILES string of the molecule is Cc1c(Br)cccc1-c1nc(C(C)N)no1. The van der Waals surface area contributed by atoms with Gasteiger partial charge in [0.15, 0.2) is 5.82 Å². The molecule has 0 fully saturated rings. The van der Waals surface area contributed by atoms with Gasteiger partial charge >= 0.3 is 0 Å². The molecule has 4 nitrogen and oxygen atoms in total. The summed E-state index contributed by atoms with van der Waals surface area (Å²) in [7, 11) is 0. The molecule has 5 heteroatoms. The van der Waals surface area contributed by atoms with Gasteiger partial charge in [0.1, 0.15) is 0 Å². The van der Waals surface area contributed by atoms with Crippen molar-refractivity contribution in [3.8, 4) is 11.5 Å².